The third-order valence-corrected chi connectivity index (χ3v) is 3.64. The molecule has 1 aliphatic heterocycles. The van der Waals surface area contributed by atoms with Gasteiger partial charge in [-0.1, -0.05) is 24.3 Å². The van der Waals surface area contributed by atoms with E-state index in [-0.39, 0.29) is 0 Å². The van der Waals surface area contributed by atoms with Gasteiger partial charge in [-0.3, -0.25) is 0 Å². The van der Waals surface area contributed by atoms with Gasteiger partial charge in [-0.25, -0.2) is 4.99 Å². The van der Waals surface area contributed by atoms with E-state index >= 15 is 0 Å². The Balaban J connectivity index is 1.73. The normalized spacial score (nSPS) is 14.0. The molecule has 126 valence electrons. The fourth-order valence-electron chi connectivity index (χ4n) is 2.47. The molecule has 0 bridgehead atoms. The largest absolute Gasteiger partial charge is 0.495 e. The molecule has 2 aromatic rings. The molecule has 0 radical (unpaired) electrons. The van der Waals surface area contributed by atoms with Gasteiger partial charge in [-0.05, 0) is 18.2 Å². The lowest BCUT2D eigenvalue weighted by atomic mass is 10.2. The maximum absolute atomic E-state index is 6.00. The molecule has 0 spiro atoms. The Morgan fingerprint density at radius 3 is 2.88 bits per heavy atom. The zero-order valence-electron chi connectivity index (χ0n) is 13.6. The van der Waals surface area contributed by atoms with Crippen LogP contribution in [-0.2, 0) is 6.54 Å². The van der Waals surface area contributed by atoms with Gasteiger partial charge in [0.25, 0.3) is 0 Å². The van der Waals surface area contributed by atoms with Crippen molar-refractivity contribution in [1.29, 1.82) is 0 Å². The summed E-state index contributed by atoms with van der Waals surface area (Å²) in [6.45, 7) is 1.71. The molecule has 0 unspecified atom stereocenters. The van der Waals surface area contributed by atoms with E-state index in [1.807, 2.05) is 42.5 Å². The van der Waals surface area contributed by atoms with Gasteiger partial charge in [-0.2, -0.15) is 0 Å². The molecule has 1 heterocycles. The number of nitrogens with two attached hydrogens (primary N) is 1. The third kappa shape index (κ3) is 3.71. The summed E-state index contributed by atoms with van der Waals surface area (Å²) in [4.78, 5) is 4.40. The van der Waals surface area contributed by atoms with Crippen molar-refractivity contribution in [1.82, 2.24) is 0 Å². The van der Waals surface area contributed by atoms with E-state index in [0.717, 1.165) is 29.2 Å². The van der Waals surface area contributed by atoms with Crippen molar-refractivity contribution in [3.8, 4) is 17.2 Å². The number of nitrogens with zero attached hydrogens (tertiary/aromatic N) is 1. The van der Waals surface area contributed by atoms with Crippen LogP contribution in [0.5, 0.6) is 17.2 Å². The van der Waals surface area contributed by atoms with Crippen LogP contribution in [0.3, 0.4) is 0 Å². The van der Waals surface area contributed by atoms with Crippen LogP contribution in [0.25, 0.3) is 0 Å². The Bertz CT molecular complexity index is 731. The lowest BCUT2D eigenvalue weighted by Gasteiger charge is -2.12. The number of methoxy groups -OCH3 is 1. The second-order valence-corrected chi connectivity index (χ2v) is 5.32. The van der Waals surface area contributed by atoms with Gasteiger partial charge >= 0.3 is 0 Å². The second-order valence-electron chi connectivity index (χ2n) is 5.32. The third-order valence-electron chi connectivity index (χ3n) is 3.64. The molecule has 24 heavy (non-hydrogen) atoms. The highest BCUT2D eigenvalue weighted by atomic mass is 16.5. The molecule has 0 aromatic heterocycles. The smallest absolute Gasteiger partial charge is 0.193 e. The molecule has 3 rings (SSSR count). The number of guanidine groups is 1. The van der Waals surface area contributed by atoms with Crippen LogP contribution in [0.4, 0.5) is 5.69 Å². The second kappa shape index (κ2) is 7.59. The number of benzene rings is 2. The number of fused-ring (bicyclic) bond motifs is 1. The van der Waals surface area contributed by atoms with E-state index in [9.17, 15) is 0 Å². The van der Waals surface area contributed by atoms with E-state index in [0.29, 0.717) is 31.5 Å². The Morgan fingerprint density at radius 2 is 2.00 bits per heavy atom. The Morgan fingerprint density at radius 1 is 1.17 bits per heavy atom. The van der Waals surface area contributed by atoms with E-state index in [1.54, 1.807) is 7.11 Å². The first-order valence-electron chi connectivity index (χ1n) is 7.85. The van der Waals surface area contributed by atoms with Crippen molar-refractivity contribution >= 4 is 11.6 Å². The quantitative estimate of drug-likeness (QED) is 0.667. The molecule has 2 aromatic carbocycles. The fourth-order valence-corrected chi connectivity index (χ4v) is 2.47. The number of aliphatic imine (C=N–C) groups is 1. The molecule has 0 atom stereocenters. The van der Waals surface area contributed by atoms with Crippen LogP contribution < -0.4 is 25.3 Å². The summed E-state index contributed by atoms with van der Waals surface area (Å²) in [6, 6.07) is 13.3. The Hall–Kier alpha value is -2.89. The van der Waals surface area contributed by atoms with Crippen LogP contribution in [-0.4, -0.2) is 26.3 Å². The number of para-hydroxylation sites is 3. The maximum atomic E-state index is 6.00. The van der Waals surface area contributed by atoms with Crippen molar-refractivity contribution in [3.63, 3.8) is 0 Å². The van der Waals surface area contributed by atoms with Crippen LogP contribution in [0.1, 0.15) is 12.0 Å². The number of rotatable bonds is 4. The minimum Gasteiger partial charge on any atom is -0.495 e. The van der Waals surface area contributed by atoms with E-state index in [4.69, 9.17) is 19.9 Å². The summed E-state index contributed by atoms with van der Waals surface area (Å²) in [5, 5.41) is 3.05. The van der Waals surface area contributed by atoms with Gasteiger partial charge in [0, 0.05) is 12.0 Å². The van der Waals surface area contributed by atoms with Gasteiger partial charge in [0.2, 0.25) is 0 Å². The van der Waals surface area contributed by atoms with Crippen molar-refractivity contribution in [2.45, 2.75) is 13.0 Å². The van der Waals surface area contributed by atoms with Gasteiger partial charge in [0.15, 0.2) is 17.5 Å². The van der Waals surface area contributed by atoms with Crippen molar-refractivity contribution in [3.05, 3.63) is 48.0 Å². The fraction of sp³-hybridized carbons (Fsp3) is 0.278. The SMILES string of the molecule is COc1ccccc1NC(N)=NCc1cccc2c1OCCCO2. The number of hydrogen-bond donors (Lipinski definition) is 2. The summed E-state index contributed by atoms with van der Waals surface area (Å²) >= 11 is 0. The molecule has 1 aliphatic rings. The number of hydrogen-bond acceptors (Lipinski definition) is 4. The number of nitrogens with one attached hydrogen (secondary N) is 1. The van der Waals surface area contributed by atoms with Crippen LogP contribution >= 0.6 is 0 Å². The zero-order chi connectivity index (χ0) is 16.8. The average molecular weight is 327 g/mol. The monoisotopic (exact) mass is 327 g/mol. The zero-order valence-corrected chi connectivity index (χ0v) is 13.6. The van der Waals surface area contributed by atoms with Crippen molar-refractivity contribution in [2.24, 2.45) is 10.7 Å². The highest BCUT2D eigenvalue weighted by Gasteiger charge is 2.14. The van der Waals surface area contributed by atoms with Gasteiger partial charge in [0.05, 0.1) is 32.6 Å². The molecule has 0 fully saturated rings. The van der Waals surface area contributed by atoms with Crippen molar-refractivity contribution in [2.75, 3.05) is 25.6 Å². The molecule has 0 aliphatic carbocycles. The minimum atomic E-state index is 0.312. The summed E-state index contributed by atoms with van der Waals surface area (Å²) < 4.78 is 16.8. The van der Waals surface area contributed by atoms with E-state index in [2.05, 4.69) is 10.3 Å². The van der Waals surface area contributed by atoms with Crippen LogP contribution in [0.15, 0.2) is 47.5 Å². The first kappa shape index (κ1) is 16.0. The Labute approximate surface area is 141 Å². The highest BCUT2D eigenvalue weighted by Crippen LogP contribution is 2.33. The summed E-state index contributed by atoms with van der Waals surface area (Å²) in [5.74, 6) is 2.54. The number of anilines is 1. The molecule has 0 saturated heterocycles. The standard InChI is InChI=1S/C18H21N3O3/c1-22-15-8-3-2-7-14(15)21-18(19)20-12-13-6-4-9-16-17(13)24-11-5-10-23-16/h2-4,6-9H,5,10-12H2,1H3,(H3,19,20,21). The first-order valence-corrected chi connectivity index (χ1v) is 7.85. The number of ether oxygens (including phenoxy) is 3. The molecule has 3 N–H and O–H groups in total. The highest BCUT2D eigenvalue weighted by molar-refractivity contribution is 5.93. The molecule has 0 amide bonds. The van der Waals surface area contributed by atoms with Crippen LogP contribution in [0, 0.1) is 0 Å². The van der Waals surface area contributed by atoms with Gasteiger partial charge in [-0.15, -0.1) is 0 Å². The molecule has 0 saturated carbocycles. The average Bonchev–Trinajstić information content (AvgIpc) is 2.86. The summed E-state index contributed by atoms with van der Waals surface area (Å²) in [7, 11) is 1.62. The van der Waals surface area contributed by atoms with Crippen molar-refractivity contribution < 1.29 is 14.2 Å². The van der Waals surface area contributed by atoms with E-state index < -0.39 is 0 Å². The lowest BCUT2D eigenvalue weighted by molar-refractivity contribution is 0.296. The molecular formula is C18H21N3O3. The topological polar surface area (TPSA) is 78.1 Å². The van der Waals surface area contributed by atoms with Crippen LogP contribution in [0.2, 0.25) is 0 Å². The molecule has 6 nitrogen and oxygen atoms in total. The minimum absolute atomic E-state index is 0.312. The van der Waals surface area contributed by atoms with E-state index in [1.165, 1.54) is 0 Å². The Kier molecular flexibility index (Phi) is 5.05. The molecular weight excluding hydrogens is 306 g/mol. The van der Waals surface area contributed by atoms with Gasteiger partial charge < -0.3 is 25.3 Å². The predicted octanol–water partition coefficient (Wildman–Crippen LogP) is 2.78. The summed E-state index contributed by atoms with van der Waals surface area (Å²) in [5.41, 5.74) is 7.71. The van der Waals surface area contributed by atoms with Gasteiger partial charge in [0.1, 0.15) is 5.75 Å². The summed E-state index contributed by atoms with van der Waals surface area (Å²) in [6.07, 6.45) is 0.870. The maximum Gasteiger partial charge on any atom is 0.193 e. The lowest BCUT2D eigenvalue weighted by Crippen LogP contribution is -2.23. The predicted molar refractivity (Wildman–Crippen MR) is 94.0 cm³/mol. The first-order chi connectivity index (χ1) is 11.8. The molecule has 6 heteroatoms.